The van der Waals surface area contributed by atoms with E-state index in [0.717, 1.165) is 31.8 Å². The van der Waals surface area contributed by atoms with E-state index in [2.05, 4.69) is 17.1 Å². The van der Waals surface area contributed by atoms with Gasteiger partial charge in [0.2, 0.25) is 5.91 Å². The number of hydrogen-bond donors (Lipinski definition) is 1. The van der Waals surface area contributed by atoms with Crippen LogP contribution in [0.5, 0.6) is 0 Å². The van der Waals surface area contributed by atoms with Crippen LogP contribution in [0.2, 0.25) is 0 Å². The molecule has 1 saturated carbocycles. The van der Waals surface area contributed by atoms with Crippen molar-refractivity contribution in [1.29, 1.82) is 0 Å². The van der Waals surface area contributed by atoms with E-state index in [1.165, 1.54) is 32.1 Å². The average molecular weight is 287 g/mol. The fraction of sp³-hybridized carbons (Fsp3) is 0.933. The highest BCUT2D eigenvalue weighted by Crippen LogP contribution is 2.38. The zero-order valence-corrected chi connectivity index (χ0v) is 12.8. The van der Waals surface area contributed by atoms with Gasteiger partial charge in [0, 0.05) is 24.5 Å². The van der Waals surface area contributed by atoms with E-state index in [-0.39, 0.29) is 12.4 Å². The average Bonchev–Trinajstić information content (AvgIpc) is 2.74. The first kappa shape index (κ1) is 15.1. The molecule has 1 amide bonds. The molecule has 0 aromatic heterocycles. The monoisotopic (exact) mass is 286 g/mol. The molecule has 2 heterocycles. The topological polar surface area (TPSA) is 32.3 Å². The maximum Gasteiger partial charge on any atom is 0.226 e. The summed E-state index contributed by atoms with van der Waals surface area (Å²) in [6.07, 6.45) is 8.66. The minimum absolute atomic E-state index is 0. The molecule has 1 unspecified atom stereocenters. The van der Waals surface area contributed by atoms with Gasteiger partial charge in [-0.25, -0.2) is 0 Å². The number of likely N-dealkylation sites (tertiary alicyclic amines) is 1. The lowest BCUT2D eigenvalue weighted by molar-refractivity contribution is -0.139. The van der Waals surface area contributed by atoms with Gasteiger partial charge in [0.25, 0.3) is 0 Å². The number of halogens is 1. The maximum atomic E-state index is 12.7. The van der Waals surface area contributed by atoms with Gasteiger partial charge in [-0.3, -0.25) is 4.79 Å². The summed E-state index contributed by atoms with van der Waals surface area (Å²) in [5, 5.41) is 3.44. The van der Waals surface area contributed by atoms with Crippen molar-refractivity contribution < 1.29 is 4.79 Å². The fourth-order valence-corrected chi connectivity index (χ4v) is 3.97. The van der Waals surface area contributed by atoms with Gasteiger partial charge in [0.05, 0.1) is 0 Å². The van der Waals surface area contributed by atoms with Crippen LogP contribution in [-0.2, 0) is 4.79 Å². The lowest BCUT2D eigenvalue weighted by Gasteiger charge is -2.39. The molecule has 3 fully saturated rings. The van der Waals surface area contributed by atoms with Crippen LogP contribution in [0.15, 0.2) is 0 Å². The normalized spacial score (nSPS) is 35.6. The zero-order chi connectivity index (χ0) is 12.5. The zero-order valence-electron chi connectivity index (χ0n) is 11.9. The molecule has 0 spiro atoms. The lowest BCUT2D eigenvalue weighted by Crippen LogP contribution is -2.48. The van der Waals surface area contributed by atoms with E-state index in [1.54, 1.807) is 0 Å². The Morgan fingerprint density at radius 2 is 1.95 bits per heavy atom. The second-order valence-corrected chi connectivity index (χ2v) is 6.51. The molecule has 19 heavy (non-hydrogen) atoms. The van der Waals surface area contributed by atoms with Crippen molar-refractivity contribution in [1.82, 2.24) is 10.2 Å². The third-order valence-corrected chi connectivity index (χ3v) is 5.25. The first-order valence-corrected chi connectivity index (χ1v) is 7.79. The second kappa shape index (κ2) is 6.45. The predicted octanol–water partition coefficient (Wildman–Crippen LogP) is 2.59. The fourth-order valence-electron chi connectivity index (χ4n) is 3.97. The van der Waals surface area contributed by atoms with Crippen molar-refractivity contribution in [2.45, 2.75) is 64.0 Å². The first-order valence-electron chi connectivity index (χ1n) is 7.79. The van der Waals surface area contributed by atoms with Gasteiger partial charge in [-0.15, -0.1) is 12.4 Å². The van der Waals surface area contributed by atoms with E-state index in [1.807, 2.05) is 0 Å². The quantitative estimate of drug-likeness (QED) is 0.846. The molecule has 0 aromatic carbocycles. The van der Waals surface area contributed by atoms with Crippen molar-refractivity contribution in [2.75, 3.05) is 13.1 Å². The SMILES string of the molecule is C[C@H]1C[C@@H](C(=O)N2CCCC2C2CCC2)CCN1.Cl. The summed E-state index contributed by atoms with van der Waals surface area (Å²) in [6.45, 7) is 4.24. The minimum atomic E-state index is 0. The Hall–Kier alpha value is -0.280. The van der Waals surface area contributed by atoms with Gasteiger partial charge in [0.15, 0.2) is 0 Å². The standard InChI is InChI=1S/C15H26N2O.ClH/c1-11-10-13(7-8-16-11)15(18)17-9-3-6-14(17)12-4-2-5-12;/h11-14,16H,2-10H2,1H3;1H/t11-,13-,14?;/m0./s1. The van der Waals surface area contributed by atoms with E-state index >= 15 is 0 Å². The van der Waals surface area contributed by atoms with E-state index in [0.29, 0.717) is 23.9 Å². The van der Waals surface area contributed by atoms with Crippen LogP contribution in [0.25, 0.3) is 0 Å². The van der Waals surface area contributed by atoms with Crippen molar-refractivity contribution in [3.8, 4) is 0 Å². The van der Waals surface area contributed by atoms with Crippen LogP contribution >= 0.6 is 12.4 Å². The molecule has 3 aliphatic rings. The maximum absolute atomic E-state index is 12.7. The number of amides is 1. The van der Waals surface area contributed by atoms with Crippen molar-refractivity contribution in [3.63, 3.8) is 0 Å². The van der Waals surface area contributed by atoms with E-state index in [4.69, 9.17) is 0 Å². The van der Waals surface area contributed by atoms with Gasteiger partial charge < -0.3 is 10.2 Å². The summed E-state index contributed by atoms with van der Waals surface area (Å²) in [7, 11) is 0. The number of carbonyl (C=O) groups is 1. The molecule has 1 N–H and O–H groups in total. The van der Waals surface area contributed by atoms with Crippen molar-refractivity contribution >= 4 is 18.3 Å². The molecule has 2 aliphatic heterocycles. The molecule has 1 aliphatic carbocycles. The lowest BCUT2D eigenvalue weighted by atomic mass is 9.78. The smallest absolute Gasteiger partial charge is 0.226 e. The Morgan fingerprint density at radius 3 is 2.58 bits per heavy atom. The molecule has 4 heteroatoms. The number of hydrogen-bond acceptors (Lipinski definition) is 2. The molecule has 3 rings (SSSR count). The van der Waals surface area contributed by atoms with Gasteiger partial charge in [-0.05, 0) is 57.9 Å². The summed E-state index contributed by atoms with van der Waals surface area (Å²) in [4.78, 5) is 15.0. The number of nitrogens with one attached hydrogen (secondary N) is 1. The van der Waals surface area contributed by atoms with Gasteiger partial charge >= 0.3 is 0 Å². The third-order valence-electron chi connectivity index (χ3n) is 5.25. The highest BCUT2D eigenvalue weighted by Gasteiger charge is 2.39. The minimum Gasteiger partial charge on any atom is -0.339 e. The van der Waals surface area contributed by atoms with Crippen LogP contribution in [0.3, 0.4) is 0 Å². The molecule has 3 atom stereocenters. The van der Waals surface area contributed by atoms with Crippen LogP contribution < -0.4 is 5.32 Å². The highest BCUT2D eigenvalue weighted by molar-refractivity contribution is 5.85. The molecule has 0 bridgehead atoms. The molecule has 3 nitrogen and oxygen atoms in total. The van der Waals surface area contributed by atoms with Gasteiger partial charge in [-0.2, -0.15) is 0 Å². The largest absolute Gasteiger partial charge is 0.339 e. The van der Waals surface area contributed by atoms with Crippen molar-refractivity contribution in [2.24, 2.45) is 11.8 Å². The first-order chi connectivity index (χ1) is 8.75. The van der Waals surface area contributed by atoms with Gasteiger partial charge in [0.1, 0.15) is 0 Å². The second-order valence-electron chi connectivity index (χ2n) is 6.51. The predicted molar refractivity (Wildman–Crippen MR) is 79.5 cm³/mol. The summed E-state index contributed by atoms with van der Waals surface area (Å²) >= 11 is 0. The molecule has 110 valence electrons. The Balaban J connectivity index is 0.00000133. The van der Waals surface area contributed by atoms with Crippen LogP contribution in [0, 0.1) is 11.8 Å². The van der Waals surface area contributed by atoms with E-state index < -0.39 is 0 Å². The molecular weight excluding hydrogens is 260 g/mol. The summed E-state index contributed by atoms with van der Waals surface area (Å²) in [5.74, 6) is 1.59. The molecule has 0 radical (unpaired) electrons. The van der Waals surface area contributed by atoms with Crippen LogP contribution in [0.4, 0.5) is 0 Å². The number of piperidine rings is 1. The van der Waals surface area contributed by atoms with Crippen molar-refractivity contribution in [3.05, 3.63) is 0 Å². The van der Waals surface area contributed by atoms with Crippen LogP contribution in [-0.4, -0.2) is 36.0 Å². The Bertz CT molecular complexity index is 319. The Morgan fingerprint density at radius 1 is 1.16 bits per heavy atom. The summed E-state index contributed by atoms with van der Waals surface area (Å²) in [5.41, 5.74) is 0. The Kier molecular flexibility index (Phi) is 5.13. The number of rotatable bonds is 2. The number of nitrogens with zero attached hydrogens (tertiary/aromatic N) is 1. The van der Waals surface area contributed by atoms with Gasteiger partial charge in [-0.1, -0.05) is 6.42 Å². The molecule has 2 saturated heterocycles. The number of carbonyl (C=O) groups excluding carboxylic acids is 1. The Labute approximate surface area is 122 Å². The molecular formula is C15H27ClN2O. The summed E-state index contributed by atoms with van der Waals surface area (Å²) in [6, 6.07) is 1.11. The van der Waals surface area contributed by atoms with Crippen LogP contribution in [0.1, 0.15) is 51.9 Å². The summed E-state index contributed by atoms with van der Waals surface area (Å²) < 4.78 is 0. The highest BCUT2D eigenvalue weighted by atomic mass is 35.5. The third kappa shape index (κ3) is 3.08. The molecule has 0 aromatic rings. The van der Waals surface area contributed by atoms with E-state index in [9.17, 15) is 4.79 Å².